The summed E-state index contributed by atoms with van der Waals surface area (Å²) in [6, 6.07) is 4.79. The topological polar surface area (TPSA) is 119 Å². The summed E-state index contributed by atoms with van der Waals surface area (Å²) in [4.78, 5) is 8.31. The maximum absolute atomic E-state index is 13.8. The predicted octanol–water partition coefficient (Wildman–Crippen LogP) is 2.44. The summed E-state index contributed by atoms with van der Waals surface area (Å²) in [6.45, 7) is 2.20. The summed E-state index contributed by atoms with van der Waals surface area (Å²) < 4.78 is 27.1. The Hall–Kier alpha value is -3.33. The third-order valence-electron chi connectivity index (χ3n) is 3.68. The fourth-order valence-corrected chi connectivity index (χ4v) is 2.34. The molecule has 148 valence electrons. The van der Waals surface area contributed by atoms with Gasteiger partial charge in [-0.05, 0) is 31.2 Å². The van der Waals surface area contributed by atoms with Crippen molar-refractivity contribution in [2.75, 3.05) is 18.5 Å². The third kappa shape index (κ3) is 6.13. The molecule has 0 aliphatic carbocycles. The van der Waals surface area contributed by atoms with Crippen molar-refractivity contribution >= 4 is 23.6 Å². The highest BCUT2D eigenvalue weighted by Gasteiger charge is 2.07. The molecule has 6 N–H and O–H groups in total. The van der Waals surface area contributed by atoms with Gasteiger partial charge in [0.15, 0.2) is 5.82 Å². The first-order valence-electron chi connectivity index (χ1n) is 8.48. The van der Waals surface area contributed by atoms with Crippen LogP contribution in [0.1, 0.15) is 18.1 Å². The van der Waals surface area contributed by atoms with Crippen LogP contribution in [0.25, 0.3) is 0 Å². The predicted molar refractivity (Wildman–Crippen MR) is 106 cm³/mol. The van der Waals surface area contributed by atoms with Gasteiger partial charge in [-0.15, -0.1) is 0 Å². The molecule has 0 radical (unpaired) electrons. The monoisotopic (exact) mass is 388 g/mol. The molecule has 0 saturated carbocycles. The minimum absolute atomic E-state index is 0.00416. The van der Waals surface area contributed by atoms with Crippen LogP contribution in [0.15, 0.2) is 47.2 Å². The van der Waals surface area contributed by atoms with Crippen LogP contribution in [0, 0.1) is 17.0 Å². The number of anilines is 1. The number of aromatic nitrogens is 1. The zero-order valence-corrected chi connectivity index (χ0v) is 15.3. The summed E-state index contributed by atoms with van der Waals surface area (Å²) in [5, 5.41) is 22.2. The molecule has 0 unspecified atom stereocenters. The fraction of sp³-hybridized carbons (Fsp3) is 0.211. The van der Waals surface area contributed by atoms with E-state index in [2.05, 4.69) is 20.6 Å². The van der Waals surface area contributed by atoms with Gasteiger partial charge in [-0.1, -0.05) is 0 Å². The van der Waals surface area contributed by atoms with Crippen molar-refractivity contribution in [2.45, 2.75) is 13.5 Å². The van der Waals surface area contributed by atoms with Crippen LogP contribution in [0.5, 0.6) is 0 Å². The van der Waals surface area contributed by atoms with Gasteiger partial charge in [0.2, 0.25) is 0 Å². The highest BCUT2D eigenvalue weighted by Crippen LogP contribution is 2.21. The number of aliphatic hydroxyl groups is 1. The lowest BCUT2D eigenvalue weighted by molar-refractivity contribution is 0.297. The van der Waals surface area contributed by atoms with Gasteiger partial charge in [-0.3, -0.25) is 0 Å². The Bertz CT molecular complexity index is 898. The van der Waals surface area contributed by atoms with Gasteiger partial charge in [-0.25, -0.2) is 18.8 Å². The van der Waals surface area contributed by atoms with Gasteiger partial charge in [0.05, 0.1) is 6.61 Å². The molecule has 2 rings (SSSR count). The summed E-state index contributed by atoms with van der Waals surface area (Å²) >= 11 is 0. The number of amidine groups is 1. The number of aliphatic imine (C=N–C) groups is 1. The summed E-state index contributed by atoms with van der Waals surface area (Å²) in [7, 11) is 0. The van der Waals surface area contributed by atoms with Crippen molar-refractivity contribution in [3.63, 3.8) is 0 Å². The molecule has 7 nitrogen and oxygen atoms in total. The molecule has 0 atom stereocenters. The lowest BCUT2D eigenvalue weighted by Gasteiger charge is -2.11. The van der Waals surface area contributed by atoms with E-state index in [1.165, 1.54) is 6.20 Å². The maximum atomic E-state index is 13.8. The van der Waals surface area contributed by atoms with Crippen LogP contribution in [-0.2, 0) is 6.54 Å². The largest absolute Gasteiger partial charge is 0.395 e. The van der Waals surface area contributed by atoms with Crippen molar-refractivity contribution in [3.8, 4) is 0 Å². The molecule has 1 aromatic carbocycles. The number of benzene rings is 1. The molecular formula is C19H22F2N6O. The Balaban J connectivity index is 2.20. The van der Waals surface area contributed by atoms with Crippen LogP contribution >= 0.6 is 0 Å². The normalized spacial score (nSPS) is 12.0. The Morgan fingerprint density at radius 3 is 2.86 bits per heavy atom. The number of nitrogens with zero attached hydrogens (tertiary/aromatic N) is 2. The lowest BCUT2D eigenvalue weighted by atomic mass is 10.2. The fourth-order valence-electron chi connectivity index (χ4n) is 2.34. The minimum atomic E-state index is -0.532. The number of pyridine rings is 1. The third-order valence-corrected chi connectivity index (χ3v) is 3.68. The number of hydrogen-bond acceptors (Lipinski definition) is 6. The summed E-state index contributed by atoms with van der Waals surface area (Å²) in [6.07, 6.45) is 4.12. The van der Waals surface area contributed by atoms with Gasteiger partial charge < -0.3 is 26.9 Å². The molecule has 0 aliphatic heterocycles. The van der Waals surface area contributed by atoms with Crippen molar-refractivity contribution < 1.29 is 13.9 Å². The molecule has 0 amide bonds. The molecule has 0 spiro atoms. The lowest BCUT2D eigenvalue weighted by Crippen LogP contribution is -2.18. The van der Waals surface area contributed by atoms with Gasteiger partial charge in [0, 0.05) is 54.1 Å². The maximum Gasteiger partial charge on any atom is 0.156 e. The molecule has 0 aliphatic rings. The average molecular weight is 388 g/mol. The van der Waals surface area contributed by atoms with Crippen molar-refractivity contribution in [2.24, 2.45) is 10.7 Å². The SMILES string of the molecule is C/C(=C/C(N)=Nc1cc(NCc2cc(F)ccc2F)c(C=N)cn1)NCCO. The minimum Gasteiger partial charge on any atom is -0.395 e. The highest BCUT2D eigenvalue weighted by molar-refractivity contribution is 5.94. The Kier molecular flexibility index (Phi) is 7.58. The zero-order valence-electron chi connectivity index (χ0n) is 15.3. The van der Waals surface area contributed by atoms with E-state index in [-0.39, 0.29) is 30.4 Å². The van der Waals surface area contributed by atoms with Crippen LogP contribution in [0.2, 0.25) is 0 Å². The zero-order chi connectivity index (χ0) is 20.5. The van der Waals surface area contributed by atoms with E-state index < -0.39 is 11.6 Å². The molecule has 0 fully saturated rings. The number of rotatable bonds is 9. The van der Waals surface area contributed by atoms with Crippen LogP contribution in [-0.4, -0.2) is 35.3 Å². The Morgan fingerprint density at radius 1 is 1.36 bits per heavy atom. The first-order valence-corrected chi connectivity index (χ1v) is 8.48. The van der Waals surface area contributed by atoms with Gasteiger partial charge in [0.25, 0.3) is 0 Å². The first-order chi connectivity index (χ1) is 13.4. The standard InChI is InChI=1S/C19H22F2N6O/c1-12(24-4-5-28)6-18(23)27-19-8-17(14(9-22)11-26-19)25-10-13-7-15(20)2-3-16(13)21/h2-3,6-9,11,22,24,28H,4-5,10H2,1H3,(H3,23,25,26,27)/b12-6-,22-9?. The highest BCUT2D eigenvalue weighted by atomic mass is 19.1. The van der Waals surface area contributed by atoms with Crippen LogP contribution in [0.4, 0.5) is 20.3 Å². The van der Waals surface area contributed by atoms with Gasteiger partial charge in [-0.2, -0.15) is 0 Å². The van der Waals surface area contributed by atoms with Crippen molar-refractivity contribution in [1.82, 2.24) is 10.3 Å². The van der Waals surface area contributed by atoms with E-state index in [0.29, 0.717) is 17.8 Å². The smallest absolute Gasteiger partial charge is 0.156 e. The Morgan fingerprint density at radius 2 is 2.14 bits per heavy atom. The summed E-state index contributed by atoms with van der Waals surface area (Å²) in [5.74, 6) is -0.579. The molecule has 9 heteroatoms. The second-order valence-corrected chi connectivity index (χ2v) is 5.88. The molecule has 1 heterocycles. The van der Waals surface area contributed by atoms with Gasteiger partial charge in [0.1, 0.15) is 17.5 Å². The molecule has 0 saturated heterocycles. The quantitative estimate of drug-likeness (QED) is 0.334. The Labute approximate surface area is 161 Å². The van der Waals surface area contributed by atoms with E-state index >= 15 is 0 Å². The number of allylic oxidation sites excluding steroid dienone is 1. The molecule has 0 bridgehead atoms. The molecule has 2 aromatic rings. The van der Waals surface area contributed by atoms with Crippen molar-refractivity contribution in [1.29, 1.82) is 5.41 Å². The van der Waals surface area contributed by atoms with Crippen LogP contribution < -0.4 is 16.4 Å². The summed E-state index contributed by atoms with van der Waals surface area (Å²) in [5.41, 5.74) is 7.71. The van der Waals surface area contributed by atoms with E-state index in [0.717, 1.165) is 30.1 Å². The first kappa shape index (κ1) is 21.0. The average Bonchev–Trinajstić information content (AvgIpc) is 2.67. The molecule has 1 aromatic heterocycles. The molecule has 28 heavy (non-hydrogen) atoms. The van der Waals surface area contributed by atoms with E-state index in [9.17, 15) is 8.78 Å². The number of nitrogens with one attached hydrogen (secondary N) is 3. The second-order valence-electron chi connectivity index (χ2n) is 5.88. The second kappa shape index (κ2) is 10.1. The van der Waals surface area contributed by atoms with Crippen molar-refractivity contribution in [3.05, 3.63) is 65.0 Å². The van der Waals surface area contributed by atoms with Gasteiger partial charge >= 0.3 is 0 Å². The van der Waals surface area contributed by atoms with Crippen LogP contribution in [0.3, 0.4) is 0 Å². The van der Waals surface area contributed by atoms with E-state index in [1.807, 2.05) is 0 Å². The number of halogens is 2. The number of nitrogens with two attached hydrogens (primary N) is 1. The molecular weight excluding hydrogens is 366 g/mol. The van der Waals surface area contributed by atoms with E-state index in [1.54, 1.807) is 19.1 Å². The number of hydrogen-bond donors (Lipinski definition) is 5. The number of aliphatic hydroxyl groups excluding tert-OH is 1. The van der Waals surface area contributed by atoms with E-state index in [4.69, 9.17) is 16.2 Å².